The molecule has 9 heteroatoms. The van der Waals surface area contributed by atoms with Crippen LogP contribution in [-0.2, 0) is 11.8 Å². The van der Waals surface area contributed by atoms with Crippen molar-refractivity contribution in [3.63, 3.8) is 0 Å². The molecule has 0 radical (unpaired) electrons. The zero-order valence-electron chi connectivity index (χ0n) is 18.7. The molecule has 2 aromatic carbocycles. The first-order valence-corrected chi connectivity index (χ1v) is 11.1. The Kier molecular flexibility index (Phi) is 5.15. The molecule has 170 valence electrons. The summed E-state index contributed by atoms with van der Waals surface area (Å²) in [5, 5.41) is 8.89. The third kappa shape index (κ3) is 3.97. The van der Waals surface area contributed by atoms with Gasteiger partial charge < -0.3 is 19.4 Å². The van der Waals surface area contributed by atoms with Gasteiger partial charge in [0.2, 0.25) is 11.8 Å². The van der Waals surface area contributed by atoms with Crippen molar-refractivity contribution in [2.75, 3.05) is 36.5 Å². The molecule has 0 atom stereocenters. The lowest BCUT2D eigenvalue weighted by Gasteiger charge is -2.27. The standard InChI is InChI=1S/C25H23N7O2/c1-31-22-14-18(2-3-19(22)16-27-31)21-15-23(30-25(29-21)32-9-12-33-13-10-32)28-20-6-4-17(5-7-20)24-26-8-11-34-24/h2-8,11,14-16H,9-10,12-13H2,1H3,(H,28,29,30). The Bertz CT molecular complexity index is 1420. The van der Waals surface area contributed by atoms with Crippen LogP contribution in [0, 0.1) is 0 Å². The number of aromatic nitrogens is 5. The summed E-state index contributed by atoms with van der Waals surface area (Å²) in [4.78, 5) is 16.1. The van der Waals surface area contributed by atoms with E-state index >= 15 is 0 Å². The summed E-state index contributed by atoms with van der Waals surface area (Å²) >= 11 is 0. The highest BCUT2D eigenvalue weighted by Crippen LogP contribution is 2.28. The van der Waals surface area contributed by atoms with Crippen LogP contribution in [0.25, 0.3) is 33.6 Å². The topological polar surface area (TPSA) is 94.1 Å². The largest absolute Gasteiger partial charge is 0.445 e. The molecule has 0 saturated carbocycles. The van der Waals surface area contributed by atoms with Crippen molar-refractivity contribution in [3.05, 3.63) is 67.2 Å². The second kappa shape index (κ2) is 8.60. The summed E-state index contributed by atoms with van der Waals surface area (Å²) in [6, 6.07) is 16.1. The molecule has 3 aromatic heterocycles. The van der Waals surface area contributed by atoms with Crippen LogP contribution in [0.4, 0.5) is 17.5 Å². The lowest BCUT2D eigenvalue weighted by atomic mass is 10.1. The number of anilines is 3. The summed E-state index contributed by atoms with van der Waals surface area (Å²) in [6.45, 7) is 2.85. The number of aryl methyl sites for hydroxylation is 1. The fourth-order valence-corrected chi connectivity index (χ4v) is 4.06. The van der Waals surface area contributed by atoms with E-state index in [-0.39, 0.29) is 0 Å². The Morgan fingerprint density at radius 2 is 1.76 bits per heavy atom. The molecule has 4 heterocycles. The van der Waals surface area contributed by atoms with Gasteiger partial charge in [0.05, 0.1) is 36.8 Å². The molecular weight excluding hydrogens is 430 g/mol. The second-order valence-electron chi connectivity index (χ2n) is 8.12. The number of hydrogen-bond acceptors (Lipinski definition) is 8. The van der Waals surface area contributed by atoms with Crippen molar-refractivity contribution in [2.24, 2.45) is 7.05 Å². The van der Waals surface area contributed by atoms with Crippen LogP contribution in [0.15, 0.2) is 71.6 Å². The number of ether oxygens (including phenoxy) is 1. The Hall–Kier alpha value is -4.24. The van der Waals surface area contributed by atoms with E-state index in [0.29, 0.717) is 25.1 Å². The molecule has 1 N–H and O–H groups in total. The number of rotatable bonds is 5. The van der Waals surface area contributed by atoms with Gasteiger partial charge in [0.1, 0.15) is 12.1 Å². The van der Waals surface area contributed by atoms with Crippen molar-refractivity contribution >= 4 is 28.4 Å². The highest BCUT2D eigenvalue weighted by molar-refractivity contribution is 5.84. The summed E-state index contributed by atoms with van der Waals surface area (Å²) in [7, 11) is 1.94. The second-order valence-corrected chi connectivity index (χ2v) is 8.12. The van der Waals surface area contributed by atoms with E-state index < -0.39 is 0 Å². The number of nitrogens with one attached hydrogen (secondary N) is 1. The van der Waals surface area contributed by atoms with E-state index in [9.17, 15) is 0 Å². The Morgan fingerprint density at radius 1 is 0.941 bits per heavy atom. The molecule has 0 amide bonds. The highest BCUT2D eigenvalue weighted by atomic mass is 16.5. The van der Waals surface area contributed by atoms with Crippen molar-refractivity contribution in [1.29, 1.82) is 0 Å². The zero-order chi connectivity index (χ0) is 22.9. The fraction of sp³-hybridized carbons (Fsp3) is 0.200. The molecule has 0 bridgehead atoms. The van der Waals surface area contributed by atoms with Crippen LogP contribution in [0.2, 0.25) is 0 Å². The summed E-state index contributed by atoms with van der Waals surface area (Å²) in [5.41, 5.74) is 4.74. The first-order chi connectivity index (χ1) is 16.7. The van der Waals surface area contributed by atoms with Gasteiger partial charge in [0.25, 0.3) is 0 Å². The van der Waals surface area contributed by atoms with E-state index in [1.165, 1.54) is 0 Å². The lowest BCUT2D eigenvalue weighted by molar-refractivity contribution is 0.122. The quantitative estimate of drug-likeness (QED) is 0.422. The van der Waals surface area contributed by atoms with Gasteiger partial charge in [0.15, 0.2) is 0 Å². The van der Waals surface area contributed by atoms with E-state index in [2.05, 4.69) is 38.5 Å². The minimum Gasteiger partial charge on any atom is -0.445 e. The molecule has 0 spiro atoms. The van der Waals surface area contributed by atoms with Crippen LogP contribution in [0.5, 0.6) is 0 Å². The van der Waals surface area contributed by atoms with Gasteiger partial charge in [-0.2, -0.15) is 10.1 Å². The van der Waals surface area contributed by atoms with Crippen LogP contribution >= 0.6 is 0 Å². The van der Waals surface area contributed by atoms with Gasteiger partial charge >= 0.3 is 0 Å². The zero-order valence-corrected chi connectivity index (χ0v) is 18.7. The number of benzene rings is 2. The number of nitrogens with zero attached hydrogens (tertiary/aromatic N) is 6. The minimum atomic E-state index is 0.594. The molecule has 1 aliphatic rings. The average molecular weight is 454 g/mol. The third-order valence-electron chi connectivity index (χ3n) is 5.89. The van der Waals surface area contributed by atoms with E-state index in [1.807, 2.05) is 48.3 Å². The van der Waals surface area contributed by atoms with Gasteiger partial charge in [-0.25, -0.2) is 9.97 Å². The summed E-state index contributed by atoms with van der Waals surface area (Å²) < 4.78 is 12.8. The molecule has 1 aliphatic heterocycles. The van der Waals surface area contributed by atoms with Crippen molar-refractivity contribution in [1.82, 2.24) is 24.7 Å². The molecule has 1 saturated heterocycles. The van der Waals surface area contributed by atoms with E-state index in [1.54, 1.807) is 12.5 Å². The van der Waals surface area contributed by atoms with E-state index in [0.717, 1.165) is 52.3 Å². The first-order valence-electron chi connectivity index (χ1n) is 11.1. The summed E-state index contributed by atoms with van der Waals surface area (Å²) in [5.74, 6) is 2.00. The number of hydrogen-bond donors (Lipinski definition) is 1. The maximum atomic E-state index is 5.52. The van der Waals surface area contributed by atoms with Gasteiger partial charge in [-0.1, -0.05) is 12.1 Å². The molecule has 0 aliphatic carbocycles. The Morgan fingerprint density at radius 3 is 2.56 bits per heavy atom. The maximum Gasteiger partial charge on any atom is 0.228 e. The highest BCUT2D eigenvalue weighted by Gasteiger charge is 2.17. The van der Waals surface area contributed by atoms with Crippen LogP contribution in [0.3, 0.4) is 0 Å². The van der Waals surface area contributed by atoms with Crippen LogP contribution < -0.4 is 10.2 Å². The predicted octanol–water partition coefficient (Wildman–Crippen LogP) is 4.27. The van der Waals surface area contributed by atoms with Crippen molar-refractivity contribution in [3.8, 4) is 22.7 Å². The SMILES string of the molecule is Cn1ncc2ccc(-c3cc(Nc4ccc(-c5ncco5)cc4)nc(N4CCOCC4)n3)cc21. The lowest BCUT2D eigenvalue weighted by Crippen LogP contribution is -2.37. The molecule has 6 rings (SSSR count). The van der Waals surface area contributed by atoms with Gasteiger partial charge in [-0.15, -0.1) is 0 Å². The third-order valence-corrected chi connectivity index (χ3v) is 5.89. The fourth-order valence-electron chi connectivity index (χ4n) is 4.06. The van der Waals surface area contributed by atoms with Crippen molar-refractivity contribution < 1.29 is 9.15 Å². The number of fused-ring (bicyclic) bond motifs is 1. The van der Waals surface area contributed by atoms with Crippen molar-refractivity contribution in [2.45, 2.75) is 0 Å². The molecule has 1 fully saturated rings. The van der Waals surface area contributed by atoms with Gasteiger partial charge in [-0.05, 0) is 30.3 Å². The number of morpholine rings is 1. The smallest absolute Gasteiger partial charge is 0.228 e. The summed E-state index contributed by atoms with van der Waals surface area (Å²) in [6.07, 6.45) is 5.08. The van der Waals surface area contributed by atoms with Crippen LogP contribution in [0.1, 0.15) is 0 Å². The average Bonchev–Trinajstić information content (AvgIpc) is 3.55. The van der Waals surface area contributed by atoms with Crippen LogP contribution in [-0.4, -0.2) is 51.0 Å². The Balaban J connectivity index is 1.36. The van der Waals surface area contributed by atoms with Gasteiger partial charge in [-0.3, -0.25) is 4.68 Å². The van der Waals surface area contributed by atoms with Gasteiger partial charge in [0, 0.05) is 48.4 Å². The number of oxazole rings is 1. The normalized spacial score (nSPS) is 14.0. The maximum absolute atomic E-state index is 5.52. The molecule has 0 unspecified atom stereocenters. The van der Waals surface area contributed by atoms with E-state index in [4.69, 9.17) is 19.1 Å². The predicted molar refractivity (Wildman–Crippen MR) is 130 cm³/mol. The first kappa shape index (κ1) is 20.4. The molecule has 34 heavy (non-hydrogen) atoms. The molecule has 9 nitrogen and oxygen atoms in total. The molecular formula is C25H23N7O2. The monoisotopic (exact) mass is 453 g/mol. The molecule has 5 aromatic rings. The Labute approximate surface area is 196 Å². The minimum absolute atomic E-state index is 0.594.